The fraction of sp³-hybridized carbons (Fsp3) is 0.368. The number of benzene rings is 1. The lowest BCUT2D eigenvalue weighted by Crippen LogP contribution is -2.21. The van der Waals surface area contributed by atoms with E-state index in [9.17, 15) is 31.9 Å². The third kappa shape index (κ3) is 5.76. The van der Waals surface area contributed by atoms with Gasteiger partial charge in [0.25, 0.3) is 6.43 Å². The number of thioether (sulfide) groups is 1. The molecule has 2 rings (SSSR count). The number of carboxylic acids is 1. The first kappa shape index (κ1) is 24.7. The Morgan fingerprint density at radius 1 is 1.20 bits per heavy atom. The largest absolute Gasteiger partial charge is 0.478 e. The van der Waals surface area contributed by atoms with Crippen molar-refractivity contribution in [2.75, 3.05) is 0 Å². The minimum Gasteiger partial charge on any atom is -0.478 e. The molecule has 0 radical (unpaired) electrons. The average Bonchev–Trinajstić information content (AvgIpc) is 2.60. The summed E-state index contributed by atoms with van der Waals surface area (Å²) in [5.41, 5.74) is -4.57. The van der Waals surface area contributed by atoms with Crippen LogP contribution in [0.5, 0.6) is 0 Å². The highest BCUT2D eigenvalue weighted by Crippen LogP contribution is 2.41. The molecule has 0 aliphatic carbocycles. The molecule has 0 atom stereocenters. The molecular weight excluding hydrogens is 472 g/mol. The molecule has 0 unspecified atom stereocenters. The van der Waals surface area contributed by atoms with Gasteiger partial charge in [0, 0.05) is 15.7 Å². The van der Waals surface area contributed by atoms with E-state index in [-0.39, 0.29) is 28.7 Å². The van der Waals surface area contributed by atoms with Crippen LogP contribution in [0.2, 0.25) is 10.0 Å². The molecule has 0 aliphatic rings. The predicted molar refractivity (Wildman–Crippen MR) is 106 cm³/mol. The maximum absolute atomic E-state index is 13.7. The molecule has 1 aromatic heterocycles. The summed E-state index contributed by atoms with van der Waals surface area (Å²) in [4.78, 5) is 15.1. The van der Waals surface area contributed by atoms with Gasteiger partial charge in [0.2, 0.25) is 0 Å². The Morgan fingerprint density at radius 2 is 1.83 bits per heavy atom. The Kier molecular flexibility index (Phi) is 7.98. The molecule has 3 nitrogen and oxygen atoms in total. The van der Waals surface area contributed by atoms with Crippen LogP contribution in [0.15, 0.2) is 23.1 Å². The van der Waals surface area contributed by atoms with Gasteiger partial charge in [-0.25, -0.2) is 18.6 Å². The van der Waals surface area contributed by atoms with E-state index >= 15 is 0 Å². The van der Waals surface area contributed by atoms with E-state index < -0.39 is 41.1 Å². The number of aromatic nitrogens is 1. The summed E-state index contributed by atoms with van der Waals surface area (Å²) in [5, 5.41) is 10.0. The summed E-state index contributed by atoms with van der Waals surface area (Å²) in [6.07, 6.45) is -8.68. The summed E-state index contributed by atoms with van der Waals surface area (Å²) in [6, 6.07) is 4.41. The molecule has 0 saturated heterocycles. The second-order valence-electron chi connectivity index (χ2n) is 6.74. The first-order valence-corrected chi connectivity index (χ1v) is 10.3. The summed E-state index contributed by atoms with van der Waals surface area (Å²) in [6.45, 7) is 3.29. The Hall–Kier alpha value is -1.58. The van der Waals surface area contributed by atoms with Crippen LogP contribution in [-0.2, 0) is 18.3 Å². The Labute approximate surface area is 183 Å². The number of carbonyl (C=O) groups is 1. The van der Waals surface area contributed by atoms with Crippen molar-refractivity contribution < 1.29 is 31.9 Å². The highest BCUT2D eigenvalue weighted by atomic mass is 35.5. The molecule has 164 valence electrons. The molecule has 0 amide bonds. The van der Waals surface area contributed by atoms with Crippen LogP contribution < -0.4 is 0 Å². The van der Waals surface area contributed by atoms with Gasteiger partial charge in [-0.2, -0.15) is 13.2 Å². The van der Waals surface area contributed by atoms with Gasteiger partial charge < -0.3 is 5.11 Å². The second-order valence-corrected chi connectivity index (χ2v) is 8.60. The van der Waals surface area contributed by atoms with Crippen molar-refractivity contribution in [1.29, 1.82) is 0 Å². The van der Waals surface area contributed by atoms with Crippen LogP contribution in [0.25, 0.3) is 0 Å². The van der Waals surface area contributed by atoms with E-state index in [2.05, 4.69) is 4.98 Å². The van der Waals surface area contributed by atoms with Crippen LogP contribution in [0, 0.1) is 5.92 Å². The van der Waals surface area contributed by atoms with Gasteiger partial charge in [-0.15, -0.1) is 11.8 Å². The van der Waals surface area contributed by atoms with Gasteiger partial charge in [-0.1, -0.05) is 37.0 Å². The number of hydrogen-bond donors (Lipinski definition) is 1. The SMILES string of the molecule is CC(C)Cc1c(CSc2cc(Cl)ccc2Cl)c(C(F)(F)F)nc(C(F)F)c1C(=O)O. The van der Waals surface area contributed by atoms with Gasteiger partial charge in [0.15, 0.2) is 0 Å². The fourth-order valence-electron chi connectivity index (χ4n) is 2.85. The topological polar surface area (TPSA) is 50.2 Å². The lowest BCUT2D eigenvalue weighted by molar-refractivity contribution is -0.142. The van der Waals surface area contributed by atoms with E-state index in [1.807, 2.05) is 0 Å². The van der Waals surface area contributed by atoms with Crippen molar-refractivity contribution in [3.05, 3.63) is 56.3 Å². The van der Waals surface area contributed by atoms with Crippen molar-refractivity contribution in [3.63, 3.8) is 0 Å². The molecule has 0 bridgehead atoms. The summed E-state index contributed by atoms with van der Waals surface area (Å²) < 4.78 is 67.9. The smallest absolute Gasteiger partial charge is 0.433 e. The standard InChI is InChI=1S/C19H16Cl2F5NO2S/c1-8(2)5-10-11(7-30-13-6-9(20)3-4-12(13)21)16(19(24,25)26)27-15(17(22)23)14(10)18(28)29/h3-4,6,8,17H,5,7H2,1-2H3,(H,28,29). The Morgan fingerprint density at radius 3 is 2.33 bits per heavy atom. The third-order valence-electron chi connectivity index (χ3n) is 4.01. The van der Waals surface area contributed by atoms with E-state index in [1.165, 1.54) is 18.2 Å². The molecular formula is C19H16Cl2F5NO2S. The van der Waals surface area contributed by atoms with Gasteiger partial charge in [-0.3, -0.25) is 0 Å². The highest BCUT2D eigenvalue weighted by Gasteiger charge is 2.40. The molecule has 30 heavy (non-hydrogen) atoms. The van der Waals surface area contributed by atoms with Crippen molar-refractivity contribution in [2.24, 2.45) is 5.92 Å². The highest BCUT2D eigenvalue weighted by molar-refractivity contribution is 7.98. The van der Waals surface area contributed by atoms with Gasteiger partial charge in [-0.05, 0) is 41.7 Å². The molecule has 0 spiro atoms. The average molecular weight is 488 g/mol. The molecule has 2 aromatic rings. The normalized spacial score (nSPS) is 12.1. The number of alkyl halides is 5. The zero-order chi connectivity index (χ0) is 22.8. The zero-order valence-electron chi connectivity index (χ0n) is 15.7. The Bertz CT molecular complexity index is 951. The number of rotatable bonds is 7. The van der Waals surface area contributed by atoms with Crippen molar-refractivity contribution in [1.82, 2.24) is 4.98 Å². The predicted octanol–water partition coefficient (Wildman–Crippen LogP) is 7.53. The number of halogens is 7. The first-order valence-electron chi connectivity index (χ1n) is 8.55. The molecule has 0 aliphatic heterocycles. The summed E-state index contributed by atoms with van der Waals surface area (Å²) >= 11 is 12.8. The quantitative estimate of drug-likeness (QED) is 0.323. The minimum atomic E-state index is -5.06. The number of hydrogen-bond acceptors (Lipinski definition) is 3. The fourth-order valence-corrected chi connectivity index (χ4v) is 4.40. The lowest BCUT2D eigenvalue weighted by Gasteiger charge is -2.22. The van der Waals surface area contributed by atoms with Gasteiger partial charge in [0.1, 0.15) is 11.4 Å². The zero-order valence-corrected chi connectivity index (χ0v) is 18.0. The van der Waals surface area contributed by atoms with E-state index in [4.69, 9.17) is 23.2 Å². The van der Waals surface area contributed by atoms with E-state index in [1.54, 1.807) is 13.8 Å². The van der Waals surface area contributed by atoms with E-state index in [0.29, 0.717) is 9.92 Å². The molecule has 0 fully saturated rings. The summed E-state index contributed by atoms with van der Waals surface area (Å²) in [7, 11) is 0. The maximum Gasteiger partial charge on any atom is 0.433 e. The molecule has 1 heterocycles. The Balaban J connectivity index is 2.74. The molecule has 0 saturated carbocycles. The van der Waals surface area contributed by atoms with Crippen molar-refractivity contribution in [3.8, 4) is 0 Å². The second kappa shape index (κ2) is 9.70. The number of aromatic carboxylic acids is 1. The maximum atomic E-state index is 13.7. The third-order valence-corrected chi connectivity index (χ3v) is 5.77. The lowest BCUT2D eigenvalue weighted by atomic mass is 9.91. The number of carboxylic acid groups (broad SMARTS) is 1. The number of pyridine rings is 1. The van der Waals surface area contributed by atoms with Crippen molar-refractivity contribution in [2.45, 2.75) is 43.5 Å². The van der Waals surface area contributed by atoms with Crippen LogP contribution in [0.4, 0.5) is 22.0 Å². The minimum absolute atomic E-state index is 0.147. The summed E-state index contributed by atoms with van der Waals surface area (Å²) in [5.74, 6) is -2.43. The molecule has 1 N–H and O–H groups in total. The van der Waals surface area contributed by atoms with Gasteiger partial charge >= 0.3 is 12.1 Å². The van der Waals surface area contributed by atoms with E-state index in [0.717, 1.165) is 11.8 Å². The molecule has 11 heteroatoms. The van der Waals surface area contributed by atoms with Crippen LogP contribution in [0.3, 0.4) is 0 Å². The first-order chi connectivity index (χ1) is 13.8. The monoisotopic (exact) mass is 487 g/mol. The molecule has 1 aromatic carbocycles. The van der Waals surface area contributed by atoms with Gasteiger partial charge in [0.05, 0.1) is 10.6 Å². The van der Waals surface area contributed by atoms with Crippen LogP contribution >= 0.6 is 35.0 Å². The van der Waals surface area contributed by atoms with Crippen LogP contribution in [-0.4, -0.2) is 16.1 Å². The number of nitrogens with zero attached hydrogens (tertiary/aromatic N) is 1. The van der Waals surface area contributed by atoms with Crippen molar-refractivity contribution >= 4 is 40.9 Å². The van der Waals surface area contributed by atoms with Crippen LogP contribution in [0.1, 0.15) is 53.1 Å².